The third kappa shape index (κ3) is 5.90. The molecule has 2 amide bonds. The quantitative estimate of drug-likeness (QED) is 0.510. The summed E-state index contributed by atoms with van der Waals surface area (Å²) in [5.74, 6) is -2.56. The Bertz CT molecular complexity index is 912. The monoisotopic (exact) mass is 424 g/mol. The number of carbonyl (C=O) groups excluding carboxylic acids is 2. The van der Waals surface area contributed by atoms with Gasteiger partial charge in [0.25, 0.3) is 5.91 Å². The van der Waals surface area contributed by atoms with Gasteiger partial charge in [-0.2, -0.15) is 13.2 Å². The van der Waals surface area contributed by atoms with Crippen LogP contribution in [0.1, 0.15) is 37.0 Å². The van der Waals surface area contributed by atoms with E-state index in [0.29, 0.717) is 12.1 Å². The number of aromatic amines is 1. The normalized spacial score (nSPS) is 11.8. The lowest BCUT2D eigenvalue weighted by Crippen LogP contribution is -2.50. The Morgan fingerprint density at radius 2 is 1.93 bits per heavy atom. The van der Waals surface area contributed by atoms with E-state index in [1.165, 1.54) is 26.1 Å². The Hall–Kier alpha value is -3.18. The van der Waals surface area contributed by atoms with Crippen LogP contribution in [-0.4, -0.2) is 51.6 Å². The van der Waals surface area contributed by atoms with Crippen LogP contribution in [0.15, 0.2) is 18.5 Å². The molecule has 0 aliphatic rings. The molecule has 0 saturated heterocycles. The summed E-state index contributed by atoms with van der Waals surface area (Å²) in [7, 11) is 0. The average Bonchev–Trinajstić information content (AvgIpc) is 3.11. The van der Waals surface area contributed by atoms with Gasteiger partial charge in [-0.3, -0.25) is 9.59 Å². The molecule has 12 heteroatoms. The molecule has 0 aromatic carbocycles. The van der Waals surface area contributed by atoms with E-state index >= 15 is 0 Å². The maximum absolute atomic E-state index is 14.1. The van der Waals surface area contributed by atoms with Crippen molar-refractivity contribution >= 4 is 17.6 Å². The van der Waals surface area contributed by atoms with E-state index in [9.17, 15) is 27.2 Å². The zero-order valence-electron chi connectivity index (χ0n) is 15.9. The second-order valence-corrected chi connectivity index (χ2v) is 6.60. The van der Waals surface area contributed by atoms with E-state index in [2.05, 4.69) is 25.6 Å². The highest BCUT2D eigenvalue weighted by atomic mass is 19.4. The summed E-state index contributed by atoms with van der Waals surface area (Å²) in [6, 6.07) is 1.46. The number of hydrogen-bond donors (Lipinski definition) is 4. The highest BCUT2D eigenvalue weighted by Gasteiger charge is 2.34. The summed E-state index contributed by atoms with van der Waals surface area (Å²) >= 11 is 0. The van der Waals surface area contributed by atoms with Crippen LogP contribution < -0.4 is 16.0 Å². The number of aromatic nitrogens is 3. The highest BCUT2D eigenvalue weighted by molar-refractivity contribution is 5.93. The van der Waals surface area contributed by atoms with Crippen molar-refractivity contribution in [2.24, 2.45) is 0 Å². The number of amides is 2. The Labute approximate surface area is 169 Å². The first kappa shape index (κ1) is 22.1. The summed E-state index contributed by atoms with van der Waals surface area (Å²) in [5, 5.41) is 6.83. The molecule has 2 aromatic rings. The molecule has 0 aliphatic carbocycles. The van der Waals surface area contributed by atoms with Crippen molar-refractivity contribution in [2.75, 3.05) is 18.4 Å². The fraction of sp³-hybridized carbons (Fsp3) is 0.412. The van der Waals surface area contributed by atoms with Gasteiger partial charge in [0.2, 0.25) is 5.91 Å². The number of nitrogens with zero attached hydrogens (tertiary/aromatic N) is 2. The molecule has 2 aromatic heterocycles. The van der Waals surface area contributed by atoms with Crippen LogP contribution >= 0.6 is 0 Å². The molecule has 0 radical (unpaired) electrons. The highest BCUT2D eigenvalue weighted by Crippen LogP contribution is 2.22. The Morgan fingerprint density at radius 3 is 2.55 bits per heavy atom. The van der Waals surface area contributed by atoms with Gasteiger partial charge in [0, 0.05) is 24.0 Å². The number of hydrogen-bond acceptors (Lipinski definition) is 5. The summed E-state index contributed by atoms with van der Waals surface area (Å²) < 4.78 is 51.0. The molecule has 0 atom stereocenters. The van der Waals surface area contributed by atoms with Gasteiger partial charge in [0.05, 0.1) is 6.20 Å². The van der Waals surface area contributed by atoms with Gasteiger partial charge in [-0.15, -0.1) is 0 Å². The molecule has 8 nitrogen and oxygen atoms in total. The summed E-state index contributed by atoms with van der Waals surface area (Å²) in [6.07, 6.45) is -2.27. The van der Waals surface area contributed by atoms with E-state index in [1.807, 2.05) is 0 Å². The van der Waals surface area contributed by atoms with Crippen molar-refractivity contribution in [2.45, 2.75) is 32.5 Å². The second-order valence-electron chi connectivity index (χ2n) is 6.60. The van der Waals surface area contributed by atoms with Gasteiger partial charge in [-0.05, 0) is 26.8 Å². The molecule has 0 spiro atoms. The van der Waals surface area contributed by atoms with Crippen LogP contribution in [0.2, 0.25) is 0 Å². The standard InChI is InChI=1S/C17H20F4N6O2.4H2/c1-4-22-14(28)11-5-9(6-23-11)12-24-7-10(18)13(26-12)27-16(2,3)15(29)25-8-17(19,20)21;;;;/h5-7,23H,4,8H2,1-3H3,(H,22,28)(H,25,29)(H,24,26,27);4*1H. The number of rotatable bonds is 7. The molecule has 0 fully saturated rings. The van der Waals surface area contributed by atoms with Crippen LogP contribution in [0.4, 0.5) is 23.4 Å². The van der Waals surface area contributed by atoms with Gasteiger partial charge in [-0.1, -0.05) is 0 Å². The number of carbonyl (C=O) groups is 2. The van der Waals surface area contributed by atoms with Crippen LogP contribution in [0.3, 0.4) is 0 Å². The lowest BCUT2D eigenvalue weighted by atomic mass is 10.0. The van der Waals surface area contributed by atoms with Crippen LogP contribution in [0.5, 0.6) is 0 Å². The topological polar surface area (TPSA) is 112 Å². The van der Waals surface area contributed by atoms with Crippen molar-refractivity contribution in [3.05, 3.63) is 30.0 Å². The third-order valence-corrected chi connectivity index (χ3v) is 3.72. The van der Waals surface area contributed by atoms with Crippen molar-refractivity contribution in [1.29, 1.82) is 0 Å². The maximum Gasteiger partial charge on any atom is 0.405 e. The largest absolute Gasteiger partial charge is 0.405 e. The summed E-state index contributed by atoms with van der Waals surface area (Å²) in [6.45, 7) is 3.24. The van der Waals surface area contributed by atoms with Crippen molar-refractivity contribution in [1.82, 2.24) is 25.6 Å². The molecule has 0 saturated carbocycles. The predicted molar refractivity (Wildman–Crippen MR) is 105 cm³/mol. The molecule has 166 valence electrons. The number of nitrogens with one attached hydrogen (secondary N) is 4. The average molecular weight is 424 g/mol. The van der Waals surface area contributed by atoms with E-state index < -0.39 is 30.0 Å². The predicted octanol–water partition coefficient (Wildman–Crippen LogP) is 3.21. The minimum Gasteiger partial charge on any atom is -0.356 e. The van der Waals surface area contributed by atoms with Gasteiger partial charge in [0.15, 0.2) is 17.5 Å². The van der Waals surface area contributed by atoms with E-state index in [4.69, 9.17) is 0 Å². The fourth-order valence-corrected chi connectivity index (χ4v) is 2.26. The van der Waals surface area contributed by atoms with Gasteiger partial charge >= 0.3 is 6.18 Å². The molecule has 0 bridgehead atoms. The first-order valence-electron chi connectivity index (χ1n) is 8.55. The minimum absolute atomic E-state index is 0. The zero-order valence-corrected chi connectivity index (χ0v) is 15.9. The maximum atomic E-state index is 14.1. The molecule has 2 rings (SSSR count). The molecule has 0 unspecified atom stereocenters. The fourth-order valence-electron chi connectivity index (χ4n) is 2.26. The minimum atomic E-state index is -4.57. The van der Waals surface area contributed by atoms with Crippen LogP contribution in [0.25, 0.3) is 11.4 Å². The van der Waals surface area contributed by atoms with Gasteiger partial charge in [-0.25, -0.2) is 14.4 Å². The van der Waals surface area contributed by atoms with Crippen LogP contribution in [-0.2, 0) is 4.79 Å². The molecule has 4 N–H and O–H groups in total. The van der Waals surface area contributed by atoms with Crippen molar-refractivity contribution < 1.29 is 32.9 Å². The smallest absolute Gasteiger partial charge is 0.356 e. The second kappa shape index (κ2) is 8.45. The van der Waals surface area contributed by atoms with Crippen LogP contribution in [0, 0.1) is 5.82 Å². The zero-order chi connectivity index (χ0) is 21.8. The lowest BCUT2D eigenvalue weighted by molar-refractivity contribution is -0.140. The molecule has 2 heterocycles. The first-order valence-corrected chi connectivity index (χ1v) is 8.55. The third-order valence-electron chi connectivity index (χ3n) is 3.72. The molecule has 29 heavy (non-hydrogen) atoms. The number of halogens is 4. The van der Waals surface area contributed by atoms with Crippen molar-refractivity contribution in [3.63, 3.8) is 0 Å². The van der Waals surface area contributed by atoms with E-state index in [0.717, 1.165) is 6.20 Å². The number of alkyl halides is 3. The molecular weight excluding hydrogens is 396 g/mol. The molecule has 0 aliphatic heterocycles. The molecular formula is C17H28F4N6O2. The lowest BCUT2D eigenvalue weighted by Gasteiger charge is -2.26. The first-order chi connectivity index (χ1) is 13.4. The Kier molecular flexibility index (Phi) is 6.44. The van der Waals surface area contributed by atoms with Gasteiger partial charge < -0.3 is 20.9 Å². The summed E-state index contributed by atoms with van der Waals surface area (Å²) in [4.78, 5) is 34.4. The van der Waals surface area contributed by atoms with E-state index in [-0.39, 0.29) is 28.9 Å². The number of anilines is 1. The Balaban J connectivity index is -0.00000225. The van der Waals surface area contributed by atoms with Gasteiger partial charge in [0.1, 0.15) is 17.8 Å². The SMILES string of the molecule is CCNC(=O)c1cc(-c2ncc(F)c(NC(C)(C)C(=O)NCC(F)(F)F)n2)c[nH]1.[HH].[HH].[HH].[HH]. The summed E-state index contributed by atoms with van der Waals surface area (Å²) in [5.41, 5.74) is -0.966. The Morgan fingerprint density at radius 1 is 1.24 bits per heavy atom. The number of H-pyrrole nitrogens is 1. The van der Waals surface area contributed by atoms with Crippen molar-refractivity contribution in [3.8, 4) is 11.4 Å². The van der Waals surface area contributed by atoms with E-state index in [1.54, 1.807) is 12.2 Å².